The van der Waals surface area contributed by atoms with Crippen LogP contribution < -0.4 is 0 Å². The van der Waals surface area contributed by atoms with Gasteiger partial charge in [0.25, 0.3) is 0 Å². The topological polar surface area (TPSA) is 38.8 Å². The van der Waals surface area contributed by atoms with Crippen molar-refractivity contribution in [3.8, 4) is 0 Å². The maximum Gasteiger partial charge on any atom is 0.309 e. The van der Waals surface area contributed by atoms with E-state index < -0.39 is 0 Å². The molecule has 1 saturated heterocycles. The SMILES string of the molecule is CC1CC2OC2CC1(C)OC(=O)C1CCCCC1. The molecule has 3 heteroatoms. The van der Waals surface area contributed by atoms with E-state index in [-0.39, 0.29) is 17.5 Å². The van der Waals surface area contributed by atoms with Gasteiger partial charge in [-0.2, -0.15) is 0 Å². The van der Waals surface area contributed by atoms with Crippen molar-refractivity contribution < 1.29 is 14.3 Å². The molecule has 0 bridgehead atoms. The maximum atomic E-state index is 12.3. The lowest BCUT2D eigenvalue weighted by molar-refractivity contribution is -0.172. The van der Waals surface area contributed by atoms with Crippen molar-refractivity contribution in [2.24, 2.45) is 11.8 Å². The van der Waals surface area contributed by atoms with Crippen molar-refractivity contribution in [3.63, 3.8) is 0 Å². The molecule has 3 nitrogen and oxygen atoms in total. The average Bonchev–Trinajstić information content (AvgIpc) is 3.08. The Labute approximate surface area is 109 Å². The summed E-state index contributed by atoms with van der Waals surface area (Å²) in [5.74, 6) is 0.609. The minimum atomic E-state index is -0.299. The largest absolute Gasteiger partial charge is 0.459 e. The van der Waals surface area contributed by atoms with Crippen LogP contribution in [0.2, 0.25) is 0 Å². The molecule has 2 saturated carbocycles. The summed E-state index contributed by atoms with van der Waals surface area (Å²) < 4.78 is 11.5. The van der Waals surface area contributed by atoms with Gasteiger partial charge >= 0.3 is 5.97 Å². The summed E-state index contributed by atoms with van der Waals surface area (Å²) in [4.78, 5) is 12.3. The van der Waals surface area contributed by atoms with E-state index in [1.807, 2.05) is 0 Å². The molecular weight excluding hydrogens is 228 g/mol. The Balaban J connectivity index is 1.61. The molecule has 1 aliphatic heterocycles. The van der Waals surface area contributed by atoms with Crippen LogP contribution >= 0.6 is 0 Å². The minimum absolute atomic E-state index is 0.0446. The summed E-state index contributed by atoms with van der Waals surface area (Å²) in [6.45, 7) is 4.28. The van der Waals surface area contributed by atoms with Gasteiger partial charge in [-0.1, -0.05) is 26.2 Å². The van der Waals surface area contributed by atoms with Crippen LogP contribution in [0.15, 0.2) is 0 Å². The normalized spacial score (nSPS) is 44.2. The van der Waals surface area contributed by atoms with Gasteiger partial charge < -0.3 is 9.47 Å². The summed E-state index contributed by atoms with van der Waals surface area (Å²) in [5.41, 5.74) is -0.299. The van der Waals surface area contributed by atoms with E-state index in [9.17, 15) is 4.79 Å². The first-order valence-electron chi connectivity index (χ1n) is 7.47. The van der Waals surface area contributed by atoms with E-state index in [1.54, 1.807) is 0 Å². The first-order valence-corrected chi connectivity index (χ1v) is 7.47. The van der Waals surface area contributed by atoms with Crippen LogP contribution in [0.4, 0.5) is 0 Å². The average molecular weight is 252 g/mol. The number of rotatable bonds is 2. The Morgan fingerprint density at radius 2 is 1.94 bits per heavy atom. The number of ether oxygens (including phenoxy) is 2. The number of epoxide rings is 1. The second-order valence-corrected chi connectivity index (χ2v) is 6.62. The highest BCUT2D eigenvalue weighted by Gasteiger charge is 2.54. The number of hydrogen-bond donors (Lipinski definition) is 0. The second kappa shape index (κ2) is 4.52. The van der Waals surface area contributed by atoms with E-state index >= 15 is 0 Å². The molecule has 0 radical (unpaired) electrons. The van der Waals surface area contributed by atoms with E-state index in [1.165, 1.54) is 19.3 Å². The lowest BCUT2D eigenvalue weighted by Gasteiger charge is -2.38. The predicted octanol–water partition coefficient (Wildman–Crippen LogP) is 3.07. The number of carbonyl (C=O) groups is 1. The molecule has 0 aromatic heterocycles. The molecule has 4 atom stereocenters. The molecule has 0 amide bonds. The molecule has 0 spiro atoms. The van der Waals surface area contributed by atoms with Gasteiger partial charge in [0.15, 0.2) is 0 Å². The second-order valence-electron chi connectivity index (χ2n) is 6.62. The van der Waals surface area contributed by atoms with Crippen molar-refractivity contribution in [1.29, 1.82) is 0 Å². The highest BCUT2D eigenvalue weighted by molar-refractivity contribution is 5.73. The summed E-state index contributed by atoms with van der Waals surface area (Å²) >= 11 is 0. The van der Waals surface area contributed by atoms with Crippen molar-refractivity contribution in [2.75, 3.05) is 0 Å². The fourth-order valence-corrected chi connectivity index (χ4v) is 3.56. The van der Waals surface area contributed by atoms with Gasteiger partial charge in [0.1, 0.15) is 5.60 Å². The smallest absolute Gasteiger partial charge is 0.309 e. The van der Waals surface area contributed by atoms with Gasteiger partial charge in [-0.15, -0.1) is 0 Å². The van der Waals surface area contributed by atoms with Gasteiger partial charge in [-0.05, 0) is 32.1 Å². The zero-order valence-corrected chi connectivity index (χ0v) is 11.5. The first-order chi connectivity index (χ1) is 8.58. The van der Waals surface area contributed by atoms with Crippen LogP contribution in [0.3, 0.4) is 0 Å². The first kappa shape index (κ1) is 12.5. The molecule has 18 heavy (non-hydrogen) atoms. The van der Waals surface area contributed by atoms with Gasteiger partial charge in [-0.25, -0.2) is 0 Å². The van der Waals surface area contributed by atoms with Gasteiger partial charge in [-0.3, -0.25) is 4.79 Å². The van der Waals surface area contributed by atoms with Gasteiger partial charge in [0.05, 0.1) is 18.1 Å². The van der Waals surface area contributed by atoms with Crippen LogP contribution in [0, 0.1) is 11.8 Å². The minimum Gasteiger partial charge on any atom is -0.459 e. The number of esters is 1. The standard InChI is InChI=1S/C15H24O3/c1-10-8-12-13(17-12)9-15(10,2)18-14(16)11-6-4-3-5-7-11/h10-13H,3-9H2,1-2H3. The molecular formula is C15H24O3. The third-order valence-electron chi connectivity index (χ3n) is 5.19. The quantitative estimate of drug-likeness (QED) is 0.560. The van der Waals surface area contributed by atoms with E-state index in [0.29, 0.717) is 18.1 Å². The predicted molar refractivity (Wildman–Crippen MR) is 68.1 cm³/mol. The highest BCUT2D eigenvalue weighted by atomic mass is 16.6. The number of carbonyl (C=O) groups excluding carboxylic acids is 1. The van der Waals surface area contributed by atoms with Crippen molar-refractivity contribution in [2.45, 2.75) is 76.6 Å². The fraction of sp³-hybridized carbons (Fsp3) is 0.933. The number of hydrogen-bond acceptors (Lipinski definition) is 3. The Morgan fingerprint density at radius 1 is 1.22 bits per heavy atom. The third-order valence-corrected chi connectivity index (χ3v) is 5.19. The fourth-order valence-electron chi connectivity index (χ4n) is 3.56. The molecule has 2 aliphatic carbocycles. The van der Waals surface area contributed by atoms with Crippen LogP contribution in [-0.2, 0) is 14.3 Å². The van der Waals surface area contributed by atoms with Gasteiger partial charge in [0, 0.05) is 6.42 Å². The molecule has 3 aliphatic rings. The highest BCUT2D eigenvalue weighted by Crippen LogP contribution is 2.47. The van der Waals surface area contributed by atoms with E-state index in [2.05, 4.69) is 13.8 Å². The maximum absolute atomic E-state index is 12.3. The van der Waals surface area contributed by atoms with Gasteiger partial charge in [0.2, 0.25) is 0 Å². The molecule has 3 fully saturated rings. The Hall–Kier alpha value is -0.570. The molecule has 3 rings (SSSR count). The molecule has 0 aromatic carbocycles. The van der Waals surface area contributed by atoms with Crippen LogP contribution in [0.25, 0.3) is 0 Å². The molecule has 1 heterocycles. The lowest BCUT2D eigenvalue weighted by atomic mass is 9.77. The Kier molecular flexibility index (Phi) is 3.13. The Bertz CT molecular complexity index is 335. The van der Waals surface area contributed by atoms with Crippen LogP contribution in [-0.4, -0.2) is 23.8 Å². The van der Waals surface area contributed by atoms with Crippen LogP contribution in [0.5, 0.6) is 0 Å². The van der Waals surface area contributed by atoms with Crippen molar-refractivity contribution >= 4 is 5.97 Å². The third kappa shape index (κ3) is 2.29. The zero-order valence-electron chi connectivity index (χ0n) is 11.5. The summed E-state index contributed by atoms with van der Waals surface area (Å²) in [7, 11) is 0. The summed E-state index contributed by atoms with van der Waals surface area (Å²) in [6, 6.07) is 0. The lowest BCUT2D eigenvalue weighted by Crippen LogP contribution is -2.44. The Morgan fingerprint density at radius 3 is 2.67 bits per heavy atom. The molecule has 0 aromatic rings. The number of fused-ring (bicyclic) bond motifs is 1. The van der Waals surface area contributed by atoms with Crippen molar-refractivity contribution in [1.82, 2.24) is 0 Å². The monoisotopic (exact) mass is 252 g/mol. The summed E-state index contributed by atoms with van der Waals surface area (Å²) in [6.07, 6.45) is 8.40. The van der Waals surface area contributed by atoms with Crippen LogP contribution in [0.1, 0.15) is 58.8 Å². The van der Waals surface area contributed by atoms with E-state index in [4.69, 9.17) is 9.47 Å². The molecule has 102 valence electrons. The summed E-state index contributed by atoms with van der Waals surface area (Å²) in [5, 5.41) is 0. The van der Waals surface area contributed by atoms with E-state index in [0.717, 1.165) is 25.7 Å². The molecule has 4 unspecified atom stereocenters. The zero-order chi connectivity index (χ0) is 12.8. The van der Waals surface area contributed by atoms with Crippen molar-refractivity contribution in [3.05, 3.63) is 0 Å². The molecule has 0 N–H and O–H groups in total.